The maximum absolute atomic E-state index is 5.31. The van der Waals surface area contributed by atoms with Gasteiger partial charge in [0.1, 0.15) is 0 Å². The summed E-state index contributed by atoms with van der Waals surface area (Å²) in [4.78, 5) is 0. The highest BCUT2D eigenvalue weighted by atomic mass is 16.5. The van der Waals surface area contributed by atoms with Crippen LogP contribution in [0, 0.1) is 0 Å². The third kappa shape index (κ3) is 11.7. The van der Waals surface area contributed by atoms with Crippen molar-refractivity contribution in [3.8, 4) is 0 Å². The van der Waals surface area contributed by atoms with Gasteiger partial charge in [-0.15, -0.1) is 0 Å². The molecule has 0 spiro atoms. The second-order valence-electron chi connectivity index (χ2n) is 5.12. The highest BCUT2D eigenvalue weighted by Gasteiger charge is 1.91. The molecule has 1 nitrogen and oxygen atoms in total. The fourth-order valence-electron chi connectivity index (χ4n) is 1.66. The van der Waals surface area contributed by atoms with Gasteiger partial charge in [-0.25, -0.2) is 0 Å². The summed E-state index contributed by atoms with van der Waals surface area (Å²) in [7, 11) is 0. The summed E-state index contributed by atoms with van der Waals surface area (Å²) in [5.74, 6) is 0. The quantitative estimate of drug-likeness (QED) is 0.391. The molecule has 104 valence electrons. The van der Waals surface area contributed by atoms with Crippen LogP contribution in [0.4, 0.5) is 0 Å². The van der Waals surface area contributed by atoms with Gasteiger partial charge in [-0.05, 0) is 60.3 Å². The molecule has 0 aliphatic rings. The Morgan fingerprint density at radius 1 is 0.833 bits per heavy atom. The van der Waals surface area contributed by atoms with E-state index in [2.05, 4.69) is 45.9 Å². The lowest BCUT2D eigenvalue weighted by Gasteiger charge is -2.02. The third-order valence-corrected chi connectivity index (χ3v) is 2.88. The van der Waals surface area contributed by atoms with Gasteiger partial charge in [-0.1, -0.05) is 34.9 Å². The van der Waals surface area contributed by atoms with Crippen LogP contribution in [-0.4, -0.2) is 13.2 Å². The summed E-state index contributed by atoms with van der Waals surface area (Å²) in [6, 6.07) is 0. The van der Waals surface area contributed by atoms with Crippen molar-refractivity contribution in [1.82, 2.24) is 0 Å². The molecule has 0 heterocycles. The van der Waals surface area contributed by atoms with Crippen LogP contribution < -0.4 is 0 Å². The Hall–Kier alpha value is -0.820. The fraction of sp³-hybridized carbons (Fsp3) is 0.647. The van der Waals surface area contributed by atoms with E-state index in [1.165, 1.54) is 29.6 Å². The Bertz CT molecular complexity index is 291. The summed E-state index contributed by atoms with van der Waals surface area (Å²) in [6.45, 7) is 12.3. The predicted molar refractivity (Wildman–Crippen MR) is 81.9 cm³/mol. The minimum atomic E-state index is 0.756. The minimum Gasteiger partial charge on any atom is -0.378 e. The zero-order chi connectivity index (χ0) is 13.8. The molecule has 0 saturated carbocycles. The van der Waals surface area contributed by atoms with Crippen molar-refractivity contribution in [2.45, 2.75) is 60.3 Å². The normalized spacial score (nSPS) is 12.7. The van der Waals surface area contributed by atoms with Gasteiger partial charge in [-0.2, -0.15) is 0 Å². The van der Waals surface area contributed by atoms with Crippen LogP contribution in [0.1, 0.15) is 60.3 Å². The van der Waals surface area contributed by atoms with E-state index in [0.29, 0.717) is 0 Å². The molecular formula is C17H30O. The highest BCUT2D eigenvalue weighted by Crippen LogP contribution is 2.11. The van der Waals surface area contributed by atoms with Crippen molar-refractivity contribution in [3.05, 3.63) is 34.9 Å². The van der Waals surface area contributed by atoms with Crippen molar-refractivity contribution in [3.63, 3.8) is 0 Å². The maximum atomic E-state index is 5.31. The van der Waals surface area contributed by atoms with Crippen LogP contribution in [0.15, 0.2) is 34.9 Å². The van der Waals surface area contributed by atoms with Gasteiger partial charge >= 0.3 is 0 Å². The van der Waals surface area contributed by atoms with Crippen LogP contribution >= 0.6 is 0 Å². The summed E-state index contributed by atoms with van der Waals surface area (Å²) < 4.78 is 5.31. The zero-order valence-electron chi connectivity index (χ0n) is 12.9. The summed E-state index contributed by atoms with van der Waals surface area (Å²) >= 11 is 0. The summed E-state index contributed by atoms with van der Waals surface area (Å²) in [6.07, 6.45) is 11.5. The third-order valence-electron chi connectivity index (χ3n) is 2.88. The SMILES string of the molecule is CCOCC=C(C)CCC=C(C)CCC=C(C)C. The highest BCUT2D eigenvalue weighted by molar-refractivity contribution is 5.05. The Kier molecular flexibility index (Phi) is 10.8. The van der Waals surface area contributed by atoms with E-state index in [-0.39, 0.29) is 0 Å². The zero-order valence-corrected chi connectivity index (χ0v) is 12.9. The topological polar surface area (TPSA) is 9.23 Å². The van der Waals surface area contributed by atoms with Gasteiger partial charge in [0.15, 0.2) is 0 Å². The standard InChI is InChI=1S/C17H30O/c1-6-18-14-13-17(5)12-8-11-16(4)10-7-9-15(2)3/h9,11,13H,6-8,10,12,14H2,1-5H3. The first-order valence-electron chi connectivity index (χ1n) is 7.08. The lowest BCUT2D eigenvalue weighted by Crippen LogP contribution is -1.90. The van der Waals surface area contributed by atoms with Gasteiger partial charge in [0.25, 0.3) is 0 Å². The average Bonchev–Trinajstić information content (AvgIpc) is 2.29. The molecule has 1 heteroatoms. The van der Waals surface area contributed by atoms with Gasteiger partial charge in [-0.3, -0.25) is 0 Å². The summed E-state index contributed by atoms with van der Waals surface area (Å²) in [5.41, 5.74) is 4.35. The van der Waals surface area contributed by atoms with Gasteiger partial charge in [0.2, 0.25) is 0 Å². The molecule has 0 aliphatic carbocycles. The molecule has 0 N–H and O–H groups in total. The van der Waals surface area contributed by atoms with E-state index in [9.17, 15) is 0 Å². The van der Waals surface area contributed by atoms with Crippen molar-refractivity contribution in [2.24, 2.45) is 0 Å². The van der Waals surface area contributed by atoms with E-state index in [1.54, 1.807) is 0 Å². The van der Waals surface area contributed by atoms with Crippen LogP contribution in [0.25, 0.3) is 0 Å². The summed E-state index contributed by atoms with van der Waals surface area (Å²) in [5, 5.41) is 0. The molecule has 0 amide bonds. The first kappa shape index (κ1) is 17.2. The Morgan fingerprint density at radius 3 is 1.94 bits per heavy atom. The second kappa shape index (κ2) is 11.3. The van der Waals surface area contributed by atoms with Gasteiger partial charge in [0.05, 0.1) is 6.61 Å². The largest absolute Gasteiger partial charge is 0.378 e. The lowest BCUT2D eigenvalue weighted by molar-refractivity contribution is 0.177. The molecule has 18 heavy (non-hydrogen) atoms. The number of hydrogen-bond acceptors (Lipinski definition) is 1. The number of hydrogen-bond donors (Lipinski definition) is 0. The van der Waals surface area contributed by atoms with Crippen LogP contribution in [0.5, 0.6) is 0 Å². The molecule has 0 saturated heterocycles. The number of ether oxygens (including phenoxy) is 1. The first-order valence-corrected chi connectivity index (χ1v) is 7.08. The molecule has 0 aromatic carbocycles. The van der Waals surface area contributed by atoms with Crippen LogP contribution in [0.2, 0.25) is 0 Å². The van der Waals surface area contributed by atoms with E-state index in [1.807, 2.05) is 6.92 Å². The average molecular weight is 250 g/mol. The fourth-order valence-corrected chi connectivity index (χ4v) is 1.66. The van der Waals surface area contributed by atoms with Crippen molar-refractivity contribution in [1.29, 1.82) is 0 Å². The predicted octanol–water partition coefficient (Wildman–Crippen LogP) is 5.44. The molecule has 0 aromatic rings. The Morgan fingerprint density at radius 2 is 1.39 bits per heavy atom. The van der Waals surface area contributed by atoms with E-state index < -0.39 is 0 Å². The van der Waals surface area contributed by atoms with Crippen LogP contribution in [-0.2, 0) is 4.74 Å². The Labute approximate surface area is 114 Å². The molecule has 0 atom stereocenters. The monoisotopic (exact) mass is 250 g/mol. The van der Waals surface area contributed by atoms with Crippen molar-refractivity contribution in [2.75, 3.05) is 13.2 Å². The Balaban J connectivity index is 3.79. The first-order chi connectivity index (χ1) is 8.56. The molecule has 0 fully saturated rings. The smallest absolute Gasteiger partial charge is 0.0649 e. The molecule has 0 bridgehead atoms. The van der Waals surface area contributed by atoms with E-state index in [0.717, 1.165) is 26.1 Å². The second-order valence-corrected chi connectivity index (χ2v) is 5.12. The molecule has 0 aromatic heterocycles. The van der Waals surface area contributed by atoms with Crippen molar-refractivity contribution >= 4 is 0 Å². The molecule has 0 aliphatic heterocycles. The molecule has 0 rings (SSSR count). The lowest BCUT2D eigenvalue weighted by atomic mass is 10.1. The van der Waals surface area contributed by atoms with Gasteiger partial charge in [0, 0.05) is 6.61 Å². The molecular weight excluding hydrogens is 220 g/mol. The number of rotatable bonds is 9. The van der Waals surface area contributed by atoms with Crippen molar-refractivity contribution < 1.29 is 4.74 Å². The van der Waals surface area contributed by atoms with E-state index >= 15 is 0 Å². The maximum Gasteiger partial charge on any atom is 0.0649 e. The molecule has 0 unspecified atom stereocenters. The van der Waals surface area contributed by atoms with Gasteiger partial charge < -0.3 is 4.74 Å². The number of allylic oxidation sites excluding steroid dienone is 5. The minimum absolute atomic E-state index is 0.756. The van der Waals surface area contributed by atoms with E-state index in [4.69, 9.17) is 4.74 Å². The molecule has 0 radical (unpaired) electrons. The van der Waals surface area contributed by atoms with Crippen LogP contribution in [0.3, 0.4) is 0 Å².